The number of amides is 6. The van der Waals surface area contributed by atoms with Crippen molar-refractivity contribution in [2.24, 2.45) is 0 Å². The van der Waals surface area contributed by atoms with Crippen LogP contribution >= 0.6 is 0 Å². The topological polar surface area (TPSA) is 175 Å². The molecule has 0 aromatic heterocycles. The third-order valence-electron chi connectivity index (χ3n) is 10.0. The van der Waals surface area contributed by atoms with Gasteiger partial charge in [0.05, 0.1) is 22.5 Å². The van der Waals surface area contributed by atoms with E-state index in [1.54, 1.807) is 124 Å². The Kier molecular flexibility index (Phi) is 13.8. The molecule has 6 amide bonds. The number of ether oxygens (including phenoxy) is 2. The van der Waals surface area contributed by atoms with E-state index in [2.05, 4.69) is 21.3 Å². The van der Waals surface area contributed by atoms with E-state index in [0.29, 0.717) is 61.5 Å². The molecule has 0 saturated carbocycles. The molecule has 0 radical (unpaired) electrons. The van der Waals surface area contributed by atoms with Crippen molar-refractivity contribution in [1.29, 1.82) is 0 Å². The predicted molar refractivity (Wildman–Crippen MR) is 240 cm³/mol. The molecule has 4 N–H and O–H groups in total. The SMILES string of the molecule is CC(C)(C)OC(=O)Nc1ccccc1C(=O)N1CCC[C@H]1C(=O)Nc1ccc(/C=C/c2ccc(NC(=O)[C@@H]3CCCN3C(=O)c3ccccc3NC(=O)OC(C)(C)C)cc2)cc1. The highest BCUT2D eigenvalue weighted by molar-refractivity contribution is 6.07. The van der Waals surface area contributed by atoms with Crippen LogP contribution in [-0.2, 0) is 19.1 Å². The zero-order chi connectivity index (χ0) is 44.6. The minimum Gasteiger partial charge on any atom is -0.444 e. The number of nitrogens with zero attached hydrogens (tertiary/aromatic N) is 2. The summed E-state index contributed by atoms with van der Waals surface area (Å²) in [5.41, 5.74) is 2.69. The fourth-order valence-electron chi connectivity index (χ4n) is 7.26. The van der Waals surface area contributed by atoms with Gasteiger partial charge in [0.15, 0.2) is 0 Å². The van der Waals surface area contributed by atoms with Gasteiger partial charge < -0.3 is 29.9 Å². The first-order chi connectivity index (χ1) is 29.4. The Morgan fingerprint density at radius 1 is 0.516 bits per heavy atom. The van der Waals surface area contributed by atoms with Crippen LogP contribution in [0.3, 0.4) is 0 Å². The highest BCUT2D eigenvalue weighted by Crippen LogP contribution is 2.28. The Morgan fingerprint density at radius 2 is 0.871 bits per heavy atom. The minimum absolute atomic E-state index is 0.271. The van der Waals surface area contributed by atoms with Gasteiger partial charge in [-0.1, -0.05) is 60.7 Å². The van der Waals surface area contributed by atoms with Crippen molar-refractivity contribution in [3.05, 3.63) is 119 Å². The van der Waals surface area contributed by atoms with Gasteiger partial charge in [0.25, 0.3) is 11.8 Å². The van der Waals surface area contributed by atoms with Gasteiger partial charge in [-0.2, -0.15) is 0 Å². The molecule has 4 aromatic carbocycles. The summed E-state index contributed by atoms with van der Waals surface area (Å²) in [7, 11) is 0. The third-order valence-corrected chi connectivity index (χ3v) is 10.0. The van der Waals surface area contributed by atoms with E-state index in [9.17, 15) is 28.8 Å². The summed E-state index contributed by atoms with van der Waals surface area (Å²) < 4.78 is 10.7. The summed E-state index contributed by atoms with van der Waals surface area (Å²) in [6.45, 7) is 11.3. The van der Waals surface area contributed by atoms with Crippen LogP contribution in [-0.4, -0.2) is 82.0 Å². The Morgan fingerprint density at radius 3 is 1.23 bits per heavy atom. The van der Waals surface area contributed by atoms with Crippen LogP contribution < -0.4 is 21.3 Å². The summed E-state index contributed by atoms with van der Waals surface area (Å²) in [6, 6.07) is 26.7. The molecule has 2 aliphatic heterocycles. The van der Waals surface area contributed by atoms with Gasteiger partial charge in [-0.05, 0) is 127 Å². The van der Waals surface area contributed by atoms with Gasteiger partial charge >= 0.3 is 12.2 Å². The van der Waals surface area contributed by atoms with Crippen LogP contribution in [0.4, 0.5) is 32.3 Å². The van der Waals surface area contributed by atoms with E-state index in [1.165, 1.54) is 0 Å². The van der Waals surface area contributed by atoms with Crippen molar-refractivity contribution in [1.82, 2.24) is 9.80 Å². The fraction of sp³-hybridized carbons (Fsp3) is 0.333. The van der Waals surface area contributed by atoms with E-state index >= 15 is 0 Å². The zero-order valence-electron chi connectivity index (χ0n) is 36.0. The van der Waals surface area contributed by atoms with Gasteiger partial charge in [-0.15, -0.1) is 0 Å². The van der Waals surface area contributed by atoms with Gasteiger partial charge in [-0.3, -0.25) is 29.8 Å². The molecule has 0 bridgehead atoms. The van der Waals surface area contributed by atoms with Gasteiger partial charge in [0.1, 0.15) is 23.3 Å². The molecule has 2 atom stereocenters. The number of para-hydroxylation sites is 2. The maximum Gasteiger partial charge on any atom is 0.412 e. The molecule has 2 fully saturated rings. The van der Waals surface area contributed by atoms with Crippen molar-refractivity contribution in [3.8, 4) is 0 Å². The summed E-state index contributed by atoms with van der Waals surface area (Å²) >= 11 is 0. The lowest BCUT2D eigenvalue weighted by Crippen LogP contribution is -2.43. The maximum atomic E-state index is 13.7. The standard InChI is InChI=1S/C48H54N6O8/c1-47(2,3)61-45(59)51-37-15-9-7-13-35(37)43(57)53-29-11-17-39(53)41(55)49-33-25-21-31(22-26-33)19-20-32-23-27-34(28-24-32)50-42(56)40-18-12-30-54(40)44(58)36-14-8-10-16-38(36)52-46(60)62-48(4,5)6/h7-10,13-16,19-28,39-40H,11-12,17-18,29-30H2,1-6H3,(H,49,55)(H,50,56)(H,51,59)(H,52,60)/b20-19+/t39-,40-/m0/s1. The number of nitrogens with one attached hydrogen (secondary N) is 4. The molecule has 0 spiro atoms. The van der Waals surface area contributed by atoms with Crippen molar-refractivity contribution in [2.45, 2.75) is 90.5 Å². The molecule has 14 nitrogen and oxygen atoms in total. The monoisotopic (exact) mass is 842 g/mol. The Balaban J connectivity index is 1.01. The minimum atomic E-state index is -0.710. The number of benzene rings is 4. The van der Waals surface area contributed by atoms with Crippen LogP contribution in [0.15, 0.2) is 97.1 Å². The number of hydrogen-bond donors (Lipinski definition) is 4. The molecule has 2 heterocycles. The van der Waals surface area contributed by atoms with Crippen LogP contribution in [0.5, 0.6) is 0 Å². The Hall–Kier alpha value is -6.96. The van der Waals surface area contributed by atoms with E-state index in [-0.39, 0.29) is 34.8 Å². The molecule has 4 aromatic rings. The normalized spacial score (nSPS) is 16.4. The molecule has 62 heavy (non-hydrogen) atoms. The number of hydrogen-bond acceptors (Lipinski definition) is 8. The summed E-state index contributed by atoms with van der Waals surface area (Å²) in [5, 5.41) is 11.2. The Bertz CT molecular complexity index is 2170. The molecular weight excluding hydrogens is 789 g/mol. The number of carbonyl (C=O) groups excluding carboxylic acids is 6. The first-order valence-corrected chi connectivity index (χ1v) is 20.7. The molecule has 14 heteroatoms. The number of likely N-dealkylation sites (tertiary alicyclic amines) is 2. The highest BCUT2D eigenvalue weighted by Gasteiger charge is 2.37. The second kappa shape index (κ2) is 19.2. The largest absolute Gasteiger partial charge is 0.444 e. The fourth-order valence-corrected chi connectivity index (χ4v) is 7.26. The average Bonchev–Trinajstić information content (AvgIpc) is 3.91. The van der Waals surface area contributed by atoms with E-state index in [0.717, 1.165) is 11.1 Å². The second-order valence-corrected chi connectivity index (χ2v) is 17.2. The zero-order valence-corrected chi connectivity index (χ0v) is 36.0. The van der Waals surface area contributed by atoms with Crippen LogP contribution in [0, 0.1) is 0 Å². The molecule has 0 unspecified atom stereocenters. The second-order valence-electron chi connectivity index (χ2n) is 17.2. The van der Waals surface area contributed by atoms with Gasteiger partial charge in [0, 0.05) is 24.5 Å². The molecule has 2 aliphatic rings. The molecular formula is C48H54N6O8. The summed E-state index contributed by atoms with van der Waals surface area (Å²) in [6.07, 6.45) is 4.84. The van der Waals surface area contributed by atoms with Crippen molar-refractivity contribution in [2.75, 3.05) is 34.4 Å². The van der Waals surface area contributed by atoms with Crippen LogP contribution in [0.1, 0.15) is 99.1 Å². The molecule has 2 saturated heterocycles. The van der Waals surface area contributed by atoms with Crippen molar-refractivity contribution < 1.29 is 38.2 Å². The van der Waals surface area contributed by atoms with E-state index in [4.69, 9.17) is 9.47 Å². The van der Waals surface area contributed by atoms with Crippen molar-refractivity contribution >= 4 is 70.7 Å². The third kappa shape index (κ3) is 11.9. The molecule has 324 valence electrons. The van der Waals surface area contributed by atoms with Gasteiger partial charge in [0.2, 0.25) is 11.8 Å². The number of carbonyl (C=O) groups is 6. The average molecular weight is 843 g/mol. The molecule has 6 rings (SSSR count). The lowest BCUT2D eigenvalue weighted by atomic mass is 10.1. The highest BCUT2D eigenvalue weighted by atomic mass is 16.6. The lowest BCUT2D eigenvalue weighted by Gasteiger charge is -2.25. The first kappa shape index (κ1) is 44.6. The predicted octanol–water partition coefficient (Wildman–Crippen LogP) is 9.04. The number of rotatable bonds is 10. The van der Waals surface area contributed by atoms with Crippen LogP contribution in [0.25, 0.3) is 12.2 Å². The van der Waals surface area contributed by atoms with Crippen molar-refractivity contribution in [3.63, 3.8) is 0 Å². The number of anilines is 4. The van der Waals surface area contributed by atoms with Gasteiger partial charge in [-0.25, -0.2) is 9.59 Å². The quantitative estimate of drug-likeness (QED) is 0.114. The Labute approximate surface area is 362 Å². The summed E-state index contributed by atoms with van der Waals surface area (Å²) in [4.78, 5) is 82.3. The molecule has 0 aliphatic carbocycles. The smallest absolute Gasteiger partial charge is 0.412 e. The maximum absolute atomic E-state index is 13.7. The summed E-state index contributed by atoms with van der Waals surface area (Å²) in [5.74, 6) is -1.30. The lowest BCUT2D eigenvalue weighted by molar-refractivity contribution is -0.120. The van der Waals surface area contributed by atoms with E-state index in [1.807, 2.05) is 36.4 Å². The first-order valence-electron chi connectivity index (χ1n) is 20.7. The van der Waals surface area contributed by atoms with E-state index < -0.39 is 35.5 Å². The van der Waals surface area contributed by atoms with Crippen LogP contribution in [0.2, 0.25) is 0 Å².